The number of likely N-dealkylation sites (tertiary alicyclic amines) is 1. The van der Waals surface area contributed by atoms with Crippen molar-refractivity contribution in [3.05, 3.63) is 29.8 Å². The van der Waals surface area contributed by atoms with Gasteiger partial charge in [-0.3, -0.25) is 14.5 Å². The maximum Gasteiger partial charge on any atom is 0.251 e. The molecule has 0 radical (unpaired) electrons. The lowest BCUT2D eigenvalue weighted by Crippen LogP contribution is -2.40. The van der Waals surface area contributed by atoms with Gasteiger partial charge in [0.1, 0.15) is 0 Å². The van der Waals surface area contributed by atoms with E-state index in [4.69, 9.17) is 0 Å². The summed E-state index contributed by atoms with van der Waals surface area (Å²) in [5.41, 5.74) is -0.415. The molecule has 7 nitrogen and oxygen atoms in total. The van der Waals surface area contributed by atoms with E-state index in [1.807, 2.05) is 0 Å². The first-order chi connectivity index (χ1) is 12.6. The Morgan fingerprint density at radius 2 is 1.93 bits per heavy atom. The Hall–Kier alpha value is -1.93. The molecule has 1 aromatic carbocycles. The van der Waals surface area contributed by atoms with Crippen molar-refractivity contribution >= 4 is 27.5 Å². The number of rotatable bonds is 5. The number of nitrogens with one attached hydrogen (secondary N) is 1. The number of carbonyl (C=O) groups excluding carboxylic acids is 2. The summed E-state index contributed by atoms with van der Waals surface area (Å²) in [6.45, 7) is 7.94. The Morgan fingerprint density at radius 1 is 1.26 bits per heavy atom. The van der Waals surface area contributed by atoms with Crippen LogP contribution in [0.2, 0.25) is 0 Å². The van der Waals surface area contributed by atoms with Crippen LogP contribution in [0, 0.1) is 5.41 Å². The average Bonchev–Trinajstić information content (AvgIpc) is 3.18. The van der Waals surface area contributed by atoms with E-state index in [-0.39, 0.29) is 23.4 Å². The van der Waals surface area contributed by atoms with Gasteiger partial charge in [0.2, 0.25) is 15.9 Å². The Bertz CT molecular complexity index is 844. The van der Waals surface area contributed by atoms with Crippen LogP contribution in [-0.2, 0) is 14.8 Å². The van der Waals surface area contributed by atoms with Gasteiger partial charge in [0.15, 0.2) is 0 Å². The predicted octanol–water partition coefficient (Wildman–Crippen LogP) is 1.60. The highest BCUT2D eigenvalue weighted by Crippen LogP contribution is 2.35. The van der Waals surface area contributed by atoms with Gasteiger partial charge < -0.3 is 5.32 Å². The molecule has 0 aliphatic carbocycles. The number of anilines is 1. The van der Waals surface area contributed by atoms with Crippen LogP contribution in [-0.4, -0.2) is 56.6 Å². The molecule has 2 heterocycles. The lowest BCUT2D eigenvalue weighted by molar-refractivity contribution is -0.123. The topological polar surface area (TPSA) is 86.8 Å². The minimum atomic E-state index is -3.73. The summed E-state index contributed by atoms with van der Waals surface area (Å²) < 4.78 is 25.7. The van der Waals surface area contributed by atoms with Crippen LogP contribution in [0.15, 0.2) is 24.3 Å². The molecule has 8 heteroatoms. The van der Waals surface area contributed by atoms with Gasteiger partial charge in [0, 0.05) is 18.2 Å². The minimum Gasteiger partial charge on any atom is -0.350 e. The van der Waals surface area contributed by atoms with Crippen LogP contribution in [0.5, 0.6) is 0 Å². The number of hydrogen-bond donors (Lipinski definition) is 1. The molecule has 2 saturated heterocycles. The Labute approximate surface area is 160 Å². The monoisotopic (exact) mass is 393 g/mol. The SMILES string of the molecule is CC(CNC(=O)c1cccc(N2C(=O)C(C)(C)CS2(=O)=O)c1)N1CCCC1. The molecule has 3 rings (SSSR count). The van der Waals surface area contributed by atoms with Crippen molar-refractivity contribution in [3.63, 3.8) is 0 Å². The lowest BCUT2D eigenvalue weighted by atomic mass is 9.95. The molecule has 2 aliphatic rings. The number of amides is 2. The molecular formula is C19H27N3O4S. The van der Waals surface area contributed by atoms with E-state index in [1.54, 1.807) is 32.0 Å². The molecule has 0 aromatic heterocycles. The molecule has 0 bridgehead atoms. The fourth-order valence-corrected chi connectivity index (χ4v) is 5.79. The van der Waals surface area contributed by atoms with Gasteiger partial charge in [-0.2, -0.15) is 0 Å². The number of nitrogens with zero attached hydrogens (tertiary/aromatic N) is 2. The highest BCUT2D eigenvalue weighted by Gasteiger charge is 2.49. The second-order valence-electron chi connectivity index (χ2n) is 8.06. The van der Waals surface area contributed by atoms with Crippen molar-refractivity contribution in [2.45, 2.75) is 39.7 Å². The average molecular weight is 394 g/mol. The smallest absolute Gasteiger partial charge is 0.251 e. The third kappa shape index (κ3) is 4.01. The van der Waals surface area contributed by atoms with Gasteiger partial charge in [-0.15, -0.1) is 0 Å². The van der Waals surface area contributed by atoms with Crippen LogP contribution in [0.25, 0.3) is 0 Å². The molecule has 2 aliphatic heterocycles. The van der Waals surface area contributed by atoms with Crippen molar-refractivity contribution in [2.24, 2.45) is 5.41 Å². The first-order valence-corrected chi connectivity index (χ1v) is 10.9. The van der Waals surface area contributed by atoms with E-state index >= 15 is 0 Å². The van der Waals surface area contributed by atoms with E-state index in [2.05, 4.69) is 17.1 Å². The number of benzene rings is 1. The van der Waals surface area contributed by atoms with E-state index < -0.39 is 21.3 Å². The Morgan fingerprint density at radius 3 is 2.52 bits per heavy atom. The number of hydrogen-bond acceptors (Lipinski definition) is 5. The quantitative estimate of drug-likeness (QED) is 0.821. The van der Waals surface area contributed by atoms with Crippen LogP contribution < -0.4 is 9.62 Å². The zero-order valence-corrected chi connectivity index (χ0v) is 16.9. The molecule has 1 N–H and O–H groups in total. The Kier molecular flexibility index (Phi) is 5.31. The highest BCUT2D eigenvalue weighted by molar-refractivity contribution is 7.94. The third-order valence-corrected chi connectivity index (χ3v) is 7.27. The van der Waals surface area contributed by atoms with Crippen molar-refractivity contribution in [1.82, 2.24) is 10.2 Å². The fraction of sp³-hybridized carbons (Fsp3) is 0.579. The zero-order valence-electron chi connectivity index (χ0n) is 16.1. The molecule has 148 valence electrons. The largest absolute Gasteiger partial charge is 0.350 e. The van der Waals surface area contributed by atoms with Crippen molar-refractivity contribution < 1.29 is 18.0 Å². The van der Waals surface area contributed by atoms with Gasteiger partial charge in [-0.1, -0.05) is 6.07 Å². The van der Waals surface area contributed by atoms with Crippen LogP contribution in [0.4, 0.5) is 5.69 Å². The molecular weight excluding hydrogens is 366 g/mol. The molecule has 0 saturated carbocycles. The molecule has 2 amide bonds. The predicted molar refractivity (Wildman–Crippen MR) is 104 cm³/mol. The van der Waals surface area contributed by atoms with Crippen molar-refractivity contribution in [1.29, 1.82) is 0 Å². The van der Waals surface area contributed by atoms with Gasteiger partial charge in [0.05, 0.1) is 16.9 Å². The molecule has 1 unspecified atom stereocenters. The van der Waals surface area contributed by atoms with Crippen LogP contribution in [0.3, 0.4) is 0 Å². The normalized spacial score (nSPS) is 22.8. The summed E-state index contributed by atoms with van der Waals surface area (Å²) in [5.74, 6) is -0.975. The minimum absolute atomic E-state index is 0.214. The van der Waals surface area contributed by atoms with Gasteiger partial charge >= 0.3 is 0 Å². The summed E-state index contributed by atoms with van der Waals surface area (Å²) in [6, 6.07) is 6.48. The highest BCUT2D eigenvalue weighted by atomic mass is 32.2. The molecule has 0 spiro atoms. The van der Waals surface area contributed by atoms with Gasteiger partial charge in [-0.05, 0) is 64.9 Å². The van der Waals surface area contributed by atoms with Crippen LogP contribution in [0.1, 0.15) is 44.0 Å². The van der Waals surface area contributed by atoms with E-state index in [1.165, 1.54) is 18.9 Å². The van der Waals surface area contributed by atoms with E-state index in [0.29, 0.717) is 12.1 Å². The summed E-state index contributed by atoms with van der Waals surface area (Å²) in [5, 5.41) is 2.91. The molecule has 27 heavy (non-hydrogen) atoms. The second kappa shape index (κ2) is 7.24. The van der Waals surface area contributed by atoms with E-state index in [9.17, 15) is 18.0 Å². The molecule has 2 fully saturated rings. The Balaban J connectivity index is 1.73. The first-order valence-electron chi connectivity index (χ1n) is 9.31. The summed E-state index contributed by atoms with van der Waals surface area (Å²) >= 11 is 0. The zero-order chi connectivity index (χ0) is 19.8. The summed E-state index contributed by atoms with van der Waals surface area (Å²) in [4.78, 5) is 27.4. The standard InChI is InChI=1S/C19H27N3O4S/c1-14(21-9-4-5-10-21)12-20-17(23)15-7-6-8-16(11-15)22-18(24)19(2,3)13-27(22,25)26/h6-8,11,14H,4-5,9-10,12-13H2,1-3H3,(H,20,23). The van der Waals surface area contributed by atoms with Crippen LogP contribution >= 0.6 is 0 Å². The van der Waals surface area contributed by atoms with Crippen molar-refractivity contribution in [2.75, 3.05) is 29.7 Å². The number of sulfonamides is 1. The maximum absolute atomic E-state index is 12.5. The lowest BCUT2D eigenvalue weighted by Gasteiger charge is -2.24. The van der Waals surface area contributed by atoms with Crippen molar-refractivity contribution in [3.8, 4) is 0 Å². The third-order valence-electron chi connectivity index (χ3n) is 5.25. The fourth-order valence-electron chi connectivity index (χ4n) is 3.69. The number of carbonyl (C=O) groups is 2. The molecule has 1 atom stereocenters. The summed E-state index contributed by atoms with van der Waals surface area (Å²) in [7, 11) is -3.73. The molecule has 1 aromatic rings. The first kappa shape index (κ1) is 19.8. The summed E-state index contributed by atoms with van der Waals surface area (Å²) in [6.07, 6.45) is 2.38. The van der Waals surface area contributed by atoms with Gasteiger partial charge in [0.25, 0.3) is 5.91 Å². The second-order valence-corrected chi connectivity index (χ2v) is 9.88. The maximum atomic E-state index is 12.5. The van der Waals surface area contributed by atoms with Gasteiger partial charge in [-0.25, -0.2) is 12.7 Å². The van der Waals surface area contributed by atoms with E-state index in [0.717, 1.165) is 17.4 Å².